The predicted octanol–water partition coefficient (Wildman–Crippen LogP) is 7.99. The number of nitro groups is 1. The van der Waals surface area contributed by atoms with Gasteiger partial charge in [-0.2, -0.15) is 9.78 Å². The fourth-order valence-corrected chi connectivity index (χ4v) is 5.27. The minimum Gasteiger partial charge on any atom is -0.490 e. The molecule has 4 aromatic carbocycles. The van der Waals surface area contributed by atoms with Gasteiger partial charge in [-0.1, -0.05) is 51.8 Å². The molecule has 0 aliphatic rings. The maximum absolute atomic E-state index is 13.6. The molecular formula is C32H22BrClN4O6. The van der Waals surface area contributed by atoms with Crippen LogP contribution in [-0.4, -0.2) is 27.4 Å². The Kier molecular flexibility index (Phi) is 8.14. The summed E-state index contributed by atoms with van der Waals surface area (Å²) in [5.41, 5.74) is 1.85. The quantitative estimate of drug-likeness (QED) is 0.0866. The third-order valence-corrected chi connectivity index (χ3v) is 7.39. The average Bonchev–Trinajstić information content (AvgIpc) is 3.43. The Morgan fingerprint density at radius 3 is 2.73 bits per heavy atom. The monoisotopic (exact) mass is 672 g/mol. The van der Waals surface area contributed by atoms with Crippen molar-refractivity contribution in [2.75, 3.05) is 6.61 Å². The summed E-state index contributed by atoms with van der Waals surface area (Å²) >= 11 is 10.1. The summed E-state index contributed by atoms with van der Waals surface area (Å²) in [6.45, 7) is 2.17. The largest absolute Gasteiger partial charge is 0.490 e. The lowest BCUT2D eigenvalue weighted by Crippen LogP contribution is -2.20. The van der Waals surface area contributed by atoms with Gasteiger partial charge in [0.1, 0.15) is 12.2 Å². The van der Waals surface area contributed by atoms with Gasteiger partial charge in [-0.15, -0.1) is 0 Å². The molecule has 220 valence electrons. The van der Waals surface area contributed by atoms with Crippen molar-refractivity contribution in [2.24, 2.45) is 5.10 Å². The van der Waals surface area contributed by atoms with E-state index in [-0.39, 0.29) is 34.5 Å². The number of furan rings is 1. The molecule has 0 bridgehead atoms. The van der Waals surface area contributed by atoms with Crippen molar-refractivity contribution in [3.8, 4) is 23.1 Å². The van der Waals surface area contributed by atoms with Crippen LogP contribution in [-0.2, 0) is 6.61 Å². The van der Waals surface area contributed by atoms with Gasteiger partial charge in [-0.05, 0) is 66.6 Å². The molecule has 0 aliphatic carbocycles. The molecule has 0 fully saturated rings. The summed E-state index contributed by atoms with van der Waals surface area (Å²) in [6.07, 6.45) is 1.47. The smallest absolute Gasteiger partial charge is 0.282 e. The lowest BCUT2D eigenvalue weighted by atomic mass is 10.2. The van der Waals surface area contributed by atoms with E-state index in [1.54, 1.807) is 48.5 Å². The number of benzene rings is 4. The van der Waals surface area contributed by atoms with Crippen molar-refractivity contribution >= 4 is 61.3 Å². The molecule has 6 rings (SSSR count). The van der Waals surface area contributed by atoms with Gasteiger partial charge in [0.05, 0.1) is 33.7 Å². The van der Waals surface area contributed by atoms with Crippen LogP contribution in [0.3, 0.4) is 0 Å². The molecule has 2 heterocycles. The molecule has 0 unspecified atom stereocenters. The van der Waals surface area contributed by atoms with Crippen LogP contribution in [0.15, 0.2) is 104 Å². The molecule has 0 saturated carbocycles. The summed E-state index contributed by atoms with van der Waals surface area (Å²) in [4.78, 5) is 29.0. The number of para-hydroxylation sites is 1. The van der Waals surface area contributed by atoms with Gasteiger partial charge < -0.3 is 13.9 Å². The summed E-state index contributed by atoms with van der Waals surface area (Å²) in [5.74, 6) is 1.22. The van der Waals surface area contributed by atoms with E-state index in [2.05, 4.69) is 21.0 Å². The van der Waals surface area contributed by atoms with Gasteiger partial charge in [0.25, 0.3) is 11.2 Å². The number of nitro benzene ring substituents is 1. The fraction of sp³-hybridized carbons (Fsp3) is 0.0938. The van der Waals surface area contributed by atoms with Crippen molar-refractivity contribution in [3.63, 3.8) is 0 Å². The van der Waals surface area contributed by atoms with Crippen LogP contribution in [0, 0.1) is 10.1 Å². The van der Waals surface area contributed by atoms with Crippen molar-refractivity contribution < 1.29 is 18.8 Å². The standard InChI is InChI=1S/C32H22BrClN4O6/c1-2-42-28-14-20(13-25(34)30(28)43-18-19-6-5-7-23(12-19)38(40)41)17-35-37-31(36-26-9-4-3-8-24(26)32(37)39)29-16-21-15-22(33)10-11-27(21)44-29/h3-17H,2,18H2,1H3. The maximum atomic E-state index is 13.6. The van der Waals surface area contributed by atoms with E-state index in [9.17, 15) is 14.9 Å². The van der Waals surface area contributed by atoms with Gasteiger partial charge in [-0.25, -0.2) is 4.98 Å². The van der Waals surface area contributed by atoms with E-state index in [1.165, 1.54) is 23.0 Å². The molecule has 12 heteroatoms. The first kappa shape index (κ1) is 29.1. The zero-order valence-electron chi connectivity index (χ0n) is 23.1. The molecule has 6 aromatic rings. The van der Waals surface area contributed by atoms with E-state index in [4.69, 9.17) is 30.5 Å². The highest BCUT2D eigenvalue weighted by molar-refractivity contribution is 9.10. The Morgan fingerprint density at radius 2 is 1.91 bits per heavy atom. The van der Waals surface area contributed by atoms with Crippen LogP contribution in [0.1, 0.15) is 18.1 Å². The molecule has 2 aromatic heterocycles. The fourth-order valence-electron chi connectivity index (χ4n) is 4.62. The van der Waals surface area contributed by atoms with Crippen molar-refractivity contribution in [1.82, 2.24) is 9.66 Å². The topological polar surface area (TPSA) is 122 Å². The minimum atomic E-state index is -0.467. The Hall–Kier alpha value is -5.00. The van der Waals surface area contributed by atoms with Crippen LogP contribution < -0.4 is 15.0 Å². The van der Waals surface area contributed by atoms with Gasteiger partial charge >= 0.3 is 0 Å². The van der Waals surface area contributed by atoms with Gasteiger partial charge in [0.15, 0.2) is 17.3 Å². The number of hydrogen-bond donors (Lipinski definition) is 0. The van der Waals surface area contributed by atoms with Gasteiger partial charge in [-0.3, -0.25) is 14.9 Å². The number of nitrogens with zero attached hydrogens (tertiary/aromatic N) is 4. The van der Waals surface area contributed by atoms with Crippen LogP contribution in [0.2, 0.25) is 5.02 Å². The molecular weight excluding hydrogens is 652 g/mol. The van der Waals surface area contributed by atoms with E-state index in [1.807, 2.05) is 31.2 Å². The average molecular weight is 674 g/mol. The number of halogens is 2. The molecule has 0 aliphatic heterocycles. The number of ether oxygens (including phenoxy) is 2. The van der Waals surface area contributed by atoms with E-state index in [0.29, 0.717) is 45.7 Å². The SMILES string of the molecule is CCOc1cc(C=Nn2c(-c3cc4cc(Br)ccc4o3)nc3ccccc3c2=O)cc(Cl)c1OCc1cccc([N+](=O)[O-])c1. The highest BCUT2D eigenvalue weighted by Gasteiger charge is 2.18. The van der Waals surface area contributed by atoms with E-state index < -0.39 is 4.92 Å². The van der Waals surface area contributed by atoms with E-state index >= 15 is 0 Å². The predicted molar refractivity (Wildman–Crippen MR) is 172 cm³/mol. The summed E-state index contributed by atoms with van der Waals surface area (Å²) < 4.78 is 19.9. The Bertz CT molecular complexity index is 2140. The normalized spacial score (nSPS) is 11.4. The molecule has 0 radical (unpaired) electrons. The second-order valence-corrected chi connectivity index (χ2v) is 10.9. The van der Waals surface area contributed by atoms with Crippen LogP contribution in [0.25, 0.3) is 33.5 Å². The molecule has 44 heavy (non-hydrogen) atoms. The number of rotatable bonds is 9. The Morgan fingerprint density at radius 1 is 1.07 bits per heavy atom. The molecule has 0 saturated heterocycles. The number of aromatic nitrogens is 2. The van der Waals surface area contributed by atoms with E-state index in [0.717, 1.165) is 9.86 Å². The van der Waals surface area contributed by atoms with Crippen LogP contribution in [0.4, 0.5) is 5.69 Å². The molecule has 0 N–H and O–H groups in total. The summed E-state index contributed by atoms with van der Waals surface area (Å²) in [6, 6.07) is 23.9. The Labute approximate surface area is 263 Å². The molecule has 0 atom stereocenters. The summed E-state index contributed by atoms with van der Waals surface area (Å²) in [5, 5.41) is 17.1. The van der Waals surface area contributed by atoms with Crippen molar-refractivity contribution in [3.05, 3.63) is 126 Å². The number of fused-ring (bicyclic) bond motifs is 2. The molecule has 10 nitrogen and oxygen atoms in total. The maximum Gasteiger partial charge on any atom is 0.282 e. The third-order valence-electron chi connectivity index (χ3n) is 6.61. The number of hydrogen-bond acceptors (Lipinski definition) is 8. The first-order valence-corrected chi connectivity index (χ1v) is 14.6. The molecule has 0 spiro atoms. The second kappa shape index (κ2) is 12.3. The zero-order chi connectivity index (χ0) is 30.8. The van der Waals surface area contributed by atoms with Gasteiger partial charge in [0, 0.05) is 22.0 Å². The zero-order valence-corrected chi connectivity index (χ0v) is 25.4. The highest BCUT2D eigenvalue weighted by Crippen LogP contribution is 2.37. The van der Waals surface area contributed by atoms with Crippen molar-refractivity contribution in [1.29, 1.82) is 0 Å². The first-order chi connectivity index (χ1) is 21.3. The summed E-state index contributed by atoms with van der Waals surface area (Å²) in [7, 11) is 0. The van der Waals surface area contributed by atoms with Crippen molar-refractivity contribution in [2.45, 2.75) is 13.5 Å². The van der Waals surface area contributed by atoms with Crippen LogP contribution in [0.5, 0.6) is 11.5 Å². The second-order valence-electron chi connectivity index (χ2n) is 9.59. The highest BCUT2D eigenvalue weighted by atomic mass is 79.9. The minimum absolute atomic E-state index is 0.0322. The number of non-ortho nitro benzene ring substituents is 1. The third kappa shape index (κ3) is 5.92. The lowest BCUT2D eigenvalue weighted by molar-refractivity contribution is -0.384. The Balaban J connectivity index is 1.38. The molecule has 0 amide bonds. The lowest BCUT2D eigenvalue weighted by Gasteiger charge is -2.14. The first-order valence-electron chi connectivity index (χ1n) is 13.4. The van der Waals surface area contributed by atoms with Crippen LogP contribution >= 0.6 is 27.5 Å². The van der Waals surface area contributed by atoms with Gasteiger partial charge in [0.2, 0.25) is 5.82 Å².